The van der Waals surface area contributed by atoms with E-state index in [2.05, 4.69) is 36.3 Å². The van der Waals surface area contributed by atoms with Crippen molar-refractivity contribution in [2.45, 2.75) is 89.6 Å². The SMILES string of the molecule is CCCC1CC(=O)OC2C3CCC(C)(C)OC3CC(OCC(=O)NCCCN3CC[NH2+]C3)C12. The molecule has 3 aliphatic heterocycles. The molecule has 0 spiro atoms. The Labute approximate surface area is 198 Å². The van der Waals surface area contributed by atoms with E-state index < -0.39 is 0 Å². The van der Waals surface area contributed by atoms with Gasteiger partial charge in [-0.25, -0.2) is 0 Å². The minimum Gasteiger partial charge on any atom is -0.462 e. The largest absolute Gasteiger partial charge is 0.462 e. The summed E-state index contributed by atoms with van der Waals surface area (Å²) in [6.45, 7) is 11.5. The molecule has 0 aromatic heterocycles. The van der Waals surface area contributed by atoms with Crippen LogP contribution in [0.4, 0.5) is 0 Å². The molecule has 3 saturated heterocycles. The number of esters is 1. The summed E-state index contributed by atoms with van der Waals surface area (Å²) < 4.78 is 18.7. The Kier molecular flexibility index (Phi) is 8.31. The summed E-state index contributed by atoms with van der Waals surface area (Å²) in [5, 5.41) is 5.32. The summed E-state index contributed by atoms with van der Waals surface area (Å²) in [6, 6.07) is 0. The van der Waals surface area contributed by atoms with E-state index in [4.69, 9.17) is 14.2 Å². The van der Waals surface area contributed by atoms with Crippen molar-refractivity contribution in [1.29, 1.82) is 0 Å². The van der Waals surface area contributed by atoms with Crippen LogP contribution in [0.2, 0.25) is 0 Å². The zero-order valence-electron chi connectivity index (χ0n) is 20.7. The van der Waals surface area contributed by atoms with Crippen LogP contribution in [0.1, 0.15) is 65.7 Å². The van der Waals surface area contributed by atoms with Crippen LogP contribution in [-0.4, -0.2) is 80.1 Å². The van der Waals surface area contributed by atoms with Gasteiger partial charge in [0.2, 0.25) is 5.91 Å². The normalized spacial score (nSPS) is 36.0. The van der Waals surface area contributed by atoms with Crippen molar-refractivity contribution in [2.75, 3.05) is 39.5 Å². The molecular formula is C25H44N3O5+. The number of carbonyl (C=O) groups is 2. The molecular weight excluding hydrogens is 422 g/mol. The fraction of sp³-hybridized carbons (Fsp3) is 0.920. The van der Waals surface area contributed by atoms with Gasteiger partial charge in [-0.3, -0.25) is 14.5 Å². The number of amides is 1. The average Bonchev–Trinajstić information content (AvgIpc) is 3.27. The Hall–Kier alpha value is -1.22. The number of fused-ring (bicyclic) bond motifs is 3. The van der Waals surface area contributed by atoms with Gasteiger partial charge in [0, 0.05) is 37.8 Å². The van der Waals surface area contributed by atoms with Crippen LogP contribution in [-0.2, 0) is 23.8 Å². The third-order valence-corrected chi connectivity index (χ3v) is 8.06. The highest BCUT2D eigenvalue weighted by Crippen LogP contribution is 2.49. The summed E-state index contributed by atoms with van der Waals surface area (Å²) in [4.78, 5) is 27.4. The fourth-order valence-electron chi connectivity index (χ4n) is 6.48. The molecule has 1 saturated carbocycles. The first-order valence-corrected chi connectivity index (χ1v) is 13.2. The molecule has 188 valence electrons. The van der Waals surface area contributed by atoms with E-state index in [1.165, 1.54) is 6.54 Å². The van der Waals surface area contributed by atoms with Gasteiger partial charge in [-0.05, 0) is 45.4 Å². The number of hydrogen-bond donors (Lipinski definition) is 2. The minimum absolute atomic E-state index is 0.00787. The molecule has 8 nitrogen and oxygen atoms in total. The second-order valence-electron chi connectivity index (χ2n) is 11.1. The number of nitrogens with two attached hydrogens (primary N) is 1. The Morgan fingerprint density at radius 3 is 2.97 bits per heavy atom. The molecule has 1 amide bonds. The highest BCUT2D eigenvalue weighted by atomic mass is 16.6. The second-order valence-corrected chi connectivity index (χ2v) is 11.1. The second kappa shape index (κ2) is 11.0. The first-order valence-electron chi connectivity index (χ1n) is 13.2. The van der Waals surface area contributed by atoms with Gasteiger partial charge in [-0.2, -0.15) is 0 Å². The smallest absolute Gasteiger partial charge is 0.306 e. The van der Waals surface area contributed by atoms with Crippen LogP contribution >= 0.6 is 0 Å². The van der Waals surface area contributed by atoms with Crippen LogP contribution in [0.15, 0.2) is 0 Å². The Morgan fingerprint density at radius 1 is 1.36 bits per heavy atom. The van der Waals surface area contributed by atoms with E-state index in [0.29, 0.717) is 13.0 Å². The number of nitrogens with zero attached hydrogens (tertiary/aromatic N) is 1. The molecule has 0 radical (unpaired) electrons. The topological polar surface area (TPSA) is 93.7 Å². The number of ether oxygens (including phenoxy) is 3. The van der Waals surface area contributed by atoms with Crippen LogP contribution in [0, 0.1) is 17.8 Å². The molecule has 4 rings (SSSR count). The van der Waals surface area contributed by atoms with E-state index in [1.54, 1.807) is 0 Å². The zero-order valence-corrected chi connectivity index (χ0v) is 20.7. The van der Waals surface area contributed by atoms with E-state index in [-0.39, 0.29) is 60.2 Å². The van der Waals surface area contributed by atoms with E-state index in [1.807, 2.05) is 0 Å². The molecule has 6 atom stereocenters. The maximum Gasteiger partial charge on any atom is 0.306 e. The maximum atomic E-state index is 12.5. The van der Waals surface area contributed by atoms with Gasteiger partial charge >= 0.3 is 5.97 Å². The van der Waals surface area contributed by atoms with Crippen LogP contribution in [0.3, 0.4) is 0 Å². The van der Waals surface area contributed by atoms with Crippen molar-refractivity contribution in [2.24, 2.45) is 17.8 Å². The van der Waals surface area contributed by atoms with Crippen LogP contribution in [0.25, 0.3) is 0 Å². The summed E-state index contributed by atoms with van der Waals surface area (Å²) in [7, 11) is 0. The third-order valence-electron chi connectivity index (χ3n) is 8.06. The van der Waals surface area contributed by atoms with Crippen molar-refractivity contribution >= 4 is 11.9 Å². The van der Waals surface area contributed by atoms with Gasteiger partial charge in [-0.15, -0.1) is 0 Å². The third kappa shape index (κ3) is 6.27. The number of hydrogen-bond acceptors (Lipinski definition) is 6. The zero-order chi connectivity index (χ0) is 23.4. The Balaban J connectivity index is 1.35. The van der Waals surface area contributed by atoms with Gasteiger partial charge in [0.1, 0.15) is 19.4 Å². The summed E-state index contributed by atoms with van der Waals surface area (Å²) in [5.74, 6) is 0.470. The predicted octanol–water partition coefficient (Wildman–Crippen LogP) is 1.04. The Morgan fingerprint density at radius 2 is 2.21 bits per heavy atom. The van der Waals surface area contributed by atoms with E-state index in [9.17, 15) is 9.59 Å². The summed E-state index contributed by atoms with van der Waals surface area (Å²) in [6.07, 6.45) is 5.89. The van der Waals surface area contributed by atoms with Gasteiger partial charge < -0.3 is 24.8 Å². The maximum absolute atomic E-state index is 12.5. The quantitative estimate of drug-likeness (QED) is 0.390. The lowest BCUT2D eigenvalue weighted by Crippen LogP contribution is -2.82. The lowest BCUT2D eigenvalue weighted by molar-refractivity contribution is -0.642. The molecule has 0 aromatic rings. The van der Waals surface area contributed by atoms with Gasteiger partial charge in [-0.1, -0.05) is 13.3 Å². The highest BCUT2D eigenvalue weighted by molar-refractivity contribution is 5.77. The highest BCUT2D eigenvalue weighted by Gasteiger charge is 2.55. The van der Waals surface area contributed by atoms with Crippen LogP contribution in [0.5, 0.6) is 0 Å². The molecule has 6 unspecified atom stereocenters. The summed E-state index contributed by atoms with van der Waals surface area (Å²) in [5.41, 5.74) is -0.176. The first-order chi connectivity index (χ1) is 15.9. The average molecular weight is 467 g/mol. The first kappa shape index (κ1) is 24.9. The molecule has 3 heterocycles. The van der Waals surface area contributed by atoms with Gasteiger partial charge in [0.25, 0.3) is 0 Å². The number of quaternary nitrogens is 1. The lowest BCUT2D eigenvalue weighted by atomic mass is 9.64. The van der Waals surface area contributed by atoms with Crippen molar-refractivity contribution in [3.8, 4) is 0 Å². The molecule has 3 N–H and O–H groups in total. The lowest BCUT2D eigenvalue weighted by Gasteiger charge is -2.54. The molecule has 4 fully saturated rings. The van der Waals surface area contributed by atoms with Gasteiger partial charge in [0.05, 0.1) is 30.9 Å². The van der Waals surface area contributed by atoms with Gasteiger partial charge in [0.15, 0.2) is 0 Å². The molecule has 0 bridgehead atoms. The van der Waals surface area contributed by atoms with Crippen molar-refractivity contribution in [3.63, 3.8) is 0 Å². The molecule has 1 aliphatic carbocycles. The number of nitrogens with one attached hydrogen (secondary N) is 1. The minimum atomic E-state index is -0.176. The summed E-state index contributed by atoms with van der Waals surface area (Å²) >= 11 is 0. The van der Waals surface area contributed by atoms with Crippen molar-refractivity contribution in [1.82, 2.24) is 10.2 Å². The van der Waals surface area contributed by atoms with Crippen LogP contribution < -0.4 is 10.6 Å². The predicted molar refractivity (Wildman–Crippen MR) is 123 cm³/mol. The van der Waals surface area contributed by atoms with E-state index >= 15 is 0 Å². The fourth-order valence-corrected chi connectivity index (χ4v) is 6.48. The number of rotatable bonds is 9. The molecule has 4 aliphatic rings. The van der Waals surface area contributed by atoms with Crippen molar-refractivity contribution < 1.29 is 29.1 Å². The molecule has 33 heavy (non-hydrogen) atoms. The standard InChI is InChI=1S/C25H43N3O5/c1-4-6-17-13-22(30)32-24-18-7-8-25(2,3)33-19(18)14-20(23(17)24)31-15-21(29)27-9-5-11-28-12-10-26-16-28/h17-20,23-24,26H,4-16H2,1-3H3,(H,27,29)/p+1. The van der Waals surface area contributed by atoms with Crippen molar-refractivity contribution in [3.05, 3.63) is 0 Å². The Bertz CT molecular complexity index is 681. The number of carbonyl (C=O) groups excluding carboxylic acids is 2. The van der Waals surface area contributed by atoms with E-state index in [0.717, 1.165) is 58.3 Å². The monoisotopic (exact) mass is 466 g/mol. The molecule has 0 aromatic carbocycles. The molecule has 8 heteroatoms.